The van der Waals surface area contributed by atoms with Crippen LogP contribution in [0.25, 0.3) is 0 Å². The Balaban J connectivity index is 2.45. The van der Waals surface area contributed by atoms with Gasteiger partial charge in [0.25, 0.3) is 5.91 Å². The lowest BCUT2D eigenvalue weighted by Crippen LogP contribution is -2.32. The number of carboxylic acid groups (broad SMARTS) is 1. The van der Waals surface area contributed by atoms with E-state index in [1.165, 1.54) is 12.1 Å². The molecule has 0 radical (unpaired) electrons. The molecule has 0 aliphatic heterocycles. The van der Waals surface area contributed by atoms with Crippen molar-refractivity contribution in [2.24, 2.45) is 5.92 Å². The van der Waals surface area contributed by atoms with Crippen LogP contribution in [0.15, 0.2) is 12.1 Å². The highest BCUT2D eigenvalue weighted by Gasteiger charge is 2.14. The second-order valence-corrected chi connectivity index (χ2v) is 5.82. The molecule has 21 heavy (non-hydrogen) atoms. The van der Waals surface area contributed by atoms with Gasteiger partial charge in [-0.25, -0.2) is 4.98 Å². The highest BCUT2D eigenvalue weighted by atomic mass is 35.5. The van der Waals surface area contributed by atoms with E-state index < -0.39 is 5.97 Å². The molecule has 5 nitrogen and oxygen atoms in total. The minimum absolute atomic E-state index is 0.0655. The number of halogens is 2. The molecule has 1 aromatic rings. The lowest BCUT2D eigenvalue weighted by Gasteiger charge is -2.14. The predicted molar refractivity (Wildman–Crippen MR) is 81.8 cm³/mol. The van der Waals surface area contributed by atoms with Crippen LogP contribution in [-0.2, 0) is 4.79 Å². The number of amides is 1. The minimum atomic E-state index is -0.798. The van der Waals surface area contributed by atoms with Gasteiger partial charge in [-0.05, 0) is 31.9 Å². The van der Waals surface area contributed by atoms with Crippen LogP contribution in [0.4, 0.5) is 0 Å². The topological polar surface area (TPSA) is 79.3 Å². The van der Waals surface area contributed by atoms with Crippen LogP contribution in [0, 0.1) is 5.92 Å². The summed E-state index contributed by atoms with van der Waals surface area (Å²) in [5.41, 5.74) is 0.353. The van der Waals surface area contributed by atoms with E-state index in [1.54, 1.807) is 6.92 Å². The third kappa shape index (κ3) is 6.31. The maximum absolute atomic E-state index is 12.0. The Kier molecular flexibility index (Phi) is 6.92. The zero-order valence-corrected chi connectivity index (χ0v) is 13.4. The van der Waals surface area contributed by atoms with Gasteiger partial charge in [0.15, 0.2) is 0 Å². The Morgan fingerprint density at radius 1 is 1.24 bits per heavy atom. The summed E-state index contributed by atoms with van der Waals surface area (Å²) < 4.78 is 0. The van der Waals surface area contributed by atoms with Crippen molar-refractivity contribution in [1.29, 1.82) is 0 Å². The molecular formula is C14H18Cl2N2O3. The standard InChI is InChI=1S/C14H18Cl2N2O3/c1-8(14(20)21)4-3-5-9(2)17-13(19)10-6-11(15)18-12(16)7-10/h6-9H,3-5H2,1-2H3,(H,17,19)(H,20,21). The van der Waals surface area contributed by atoms with Crippen LogP contribution in [0.3, 0.4) is 0 Å². The van der Waals surface area contributed by atoms with Gasteiger partial charge in [-0.2, -0.15) is 0 Å². The first-order valence-corrected chi connectivity index (χ1v) is 7.42. The number of aliphatic carboxylic acids is 1. The monoisotopic (exact) mass is 332 g/mol. The lowest BCUT2D eigenvalue weighted by atomic mass is 10.0. The fourth-order valence-corrected chi connectivity index (χ4v) is 2.29. The predicted octanol–water partition coefficient (Wildman–Crippen LogP) is 3.40. The molecule has 0 aromatic carbocycles. The van der Waals surface area contributed by atoms with E-state index in [0.717, 1.165) is 6.42 Å². The first-order valence-electron chi connectivity index (χ1n) is 6.66. The number of carbonyl (C=O) groups excluding carboxylic acids is 1. The van der Waals surface area contributed by atoms with Gasteiger partial charge < -0.3 is 10.4 Å². The number of carbonyl (C=O) groups is 2. The van der Waals surface area contributed by atoms with Crippen LogP contribution < -0.4 is 5.32 Å². The molecule has 1 heterocycles. The molecule has 1 amide bonds. The van der Waals surface area contributed by atoms with Crippen molar-refractivity contribution in [1.82, 2.24) is 10.3 Å². The molecular weight excluding hydrogens is 315 g/mol. The molecule has 116 valence electrons. The van der Waals surface area contributed by atoms with E-state index in [1.807, 2.05) is 6.92 Å². The SMILES string of the molecule is CC(CCCC(C)C(=O)O)NC(=O)c1cc(Cl)nc(Cl)c1. The fourth-order valence-electron chi connectivity index (χ4n) is 1.83. The Morgan fingerprint density at radius 2 is 1.81 bits per heavy atom. The van der Waals surface area contributed by atoms with Crippen LogP contribution in [0.5, 0.6) is 0 Å². The highest BCUT2D eigenvalue weighted by molar-refractivity contribution is 6.33. The molecule has 2 unspecified atom stereocenters. The molecule has 2 N–H and O–H groups in total. The quantitative estimate of drug-likeness (QED) is 0.750. The number of carboxylic acids is 1. The Morgan fingerprint density at radius 3 is 2.33 bits per heavy atom. The summed E-state index contributed by atoms with van der Waals surface area (Å²) in [5.74, 6) is -1.45. The maximum atomic E-state index is 12.0. The summed E-state index contributed by atoms with van der Waals surface area (Å²) in [6, 6.07) is 2.83. The molecule has 0 bridgehead atoms. The summed E-state index contributed by atoms with van der Waals surface area (Å²) >= 11 is 11.5. The van der Waals surface area contributed by atoms with E-state index in [2.05, 4.69) is 10.3 Å². The third-order valence-electron chi connectivity index (χ3n) is 3.10. The van der Waals surface area contributed by atoms with Crippen LogP contribution in [-0.4, -0.2) is 28.0 Å². The van der Waals surface area contributed by atoms with E-state index in [4.69, 9.17) is 28.3 Å². The van der Waals surface area contributed by atoms with Gasteiger partial charge >= 0.3 is 5.97 Å². The first-order chi connectivity index (χ1) is 9.79. The molecule has 1 rings (SSSR count). The zero-order chi connectivity index (χ0) is 16.0. The number of pyridine rings is 1. The number of hydrogen-bond acceptors (Lipinski definition) is 3. The van der Waals surface area contributed by atoms with Crippen molar-refractivity contribution >= 4 is 35.1 Å². The number of hydrogen-bond donors (Lipinski definition) is 2. The highest BCUT2D eigenvalue weighted by Crippen LogP contribution is 2.15. The van der Waals surface area contributed by atoms with Crippen molar-refractivity contribution in [2.45, 2.75) is 39.2 Å². The Labute approximate surface area is 133 Å². The van der Waals surface area contributed by atoms with Crippen molar-refractivity contribution in [3.63, 3.8) is 0 Å². The Bertz CT molecular complexity index is 503. The molecule has 0 saturated carbocycles. The van der Waals surface area contributed by atoms with Crippen LogP contribution in [0.2, 0.25) is 10.3 Å². The molecule has 7 heteroatoms. The third-order valence-corrected chi connectivity index (χ3v) is 3.49. The lowest BCUT2D eigenvalue weighted by molar-refractivity contribution is -0.141. The average Bonchev–Trinajstić information content (AvgIpc) is 2.37. The number of rotatable bonds is 7. The van der Waals surface area contributed by atoms with Crippen molar-refractivity contribution < 1.29 is 14.7 Å². The summed E-state index contributed by atoms with van der Waals surface area (Å²) in [6.45, 7) is 3.54. The van der Waals surface area contributed by atoms with Crippen LogP contribution in [0.1, 0.15) is 43.5 Å². The second-order valence-electron chi connectivity index (χ2n) is 5.05. The number of nitrogens with zero attached hydrogens (tertiary/aromatic N) is 1. The van der Waals surface area contributed by atoms with Crippen LogP contribution >= 0.6 is 23.2 Å². The molecule has 0 aliphatic carbocycles. The van der Waals surface area contributed by atoms with Crippen molar-refractivity contribution in [3.8, 4) is 0 Å². The van der Waals surface area contributed by atoms with Gasteiger partial charge in [-0.15, -0.1) is 0 Å². The maximum Gasteiger partial charge on any atom is 0.306 e. The largest absolute Gasteiger partial charge is 0.481 e. The number of nitrogens with one attached hydrogen (secondary N) is 1. The van der Waals surface area contributed by atoms with Gasteiger partial charge in [0.2, 0.25) is 0 Å². The molecule has 0 spiro atoms. The van der Waals surface area contributed by atoms with E-state index in [-0.39, 0.29) is 28.2 Å². The molecule has 1 aromatic heterocycles. The summed E-state index contributed by atoms with van der Waals surface area (Å²) in [7, 11) is 0. The van der Waals surface area contributed by atoms with Gasteiger partial charge in [0, 0.05) is 11.6 Å². The zero-order valence-electron chi connectivity index (χ0n) is 11.9. The summed E-state index contributed by atoms with van der Waals surface area (Å²) in [4.78, 5) is 26.5. The Hall–Kier alpha value is -1.33. The molecule has 0 saturated heterocycles. The van der Waals surface area contributed by atoms with E-state index in [9.17, 15) is 9.59 Å². The second kappa shape index (κ2) is 8.20. The molecule has 0 fully saturated rings. The minimum Gasteiger partial charge on any atom is -0.481 e. The first kappa shape index (κ1) is 17.7. The smallest absolute Gasteiger partial charge is 0.306 e. The summed E-state index contributed by atoms with van der Waals surface area (Å²) in [6.07, 6.45) is 2.02. The molecule has 2 atom stereocenters. The van der Waals surface area contributed by atoms with Gasteiger partial charge in [0.1, 0.15) is 10.3 Å². The molecule has 0 aliphatic rings. The van der Waals surface area contributed by atoms with E-state index in [0.29, 0.717) is 18.4 Å². The number of aromatic nitrogens is 1. The summed E-state index contributed by atoms with van der Waals surface area (Å²) in [5, 5.41) is 11.9. The normalized spacial score (nSPS) is 13.5. The van der Waals surface area contributed by atoms with Gasteiger partial charge in [0.05, 0.1) is 5.92 Å². The van der Waals surface area contributed by atoms with Crippen molar-refractivity contribution in [2.75, 3.05) is 0 Å². The van der Waals surface area contributed by atoms with E-state index >= 15 is 0 Å². The van der Waals surface area contributed by atoms with Gasteiger partial charge in [-0.3, -0.25) is 9.59 Å². The van der Waals surface area contributed by atoms with Crippen molar-refractivity contribution in [3.05, 3.63) is 28.0 Å². The van der Waals surface area contributed by atoms with Gasteiger partial charge in [-0.1, -0.05) is 36.5 Å². The fraction of sp³-hybridized carbons (Fsp3) is 0.500. The average molecular weight is 333 g/mol.